The predicted octanol–water partition coefficient (Wildman–Crippen LogP) is 2.36. The van der Waals surface area contributed by atoms with Crippen molar-refractivity contribution in [2.24, 2.45) is 5.92 Å². The summed E-state index contributed by atoms with van der Waals surface area (Å²) in [6.45, 7) is 2.94. The summed E-state index contributed by atoms with van der Waals surface area (Å²) in [5, 5.41) is 12.1. The summed E-state index contributed by atoms with van der Waals surface area (Å²) in [5.41, 5.74) is 0.655. The molecule has 1 aliphatic rings. The van der Waals surface area contributed by atoms with E-state index in [4.69, 9.17) is 10.00 Å². The first kappa shape index (κ1) is 13.8. The lowest BCUT2D eigenvalue weighted by Gasteiger charge is -2.22. The molecule has 0 aliphatic carbocycles. The first-order valence-electron chi connectivity index (χ1n) is 5.72. The van der Waals surface area contributed by atoms with Crippen LogP contribution in [0.1, 0.15) is 18.4 Å². The average Bonchev–Trinajstić information content (AvgIpc) is 2.38. The quantitative estimate of drug-likeness (QED) is 0.898. The van der Waals surface area contributed by atoms with Gasteiger partial charge in [-0.3, -0.25) is 0 Å². The number of benzene rings is 1. The number of halogens is 1. The van der Waals surface area contributed by atoms with E-state index in [1.807, 2.05) is 12.1 Å². The lowest BCUT2D eigenvalue weighted by molar-refractivity contribution is 0.215. The number of hydrogen-bond acceptors (Lipinski definition) is 3. The predicted molar refractivity (Wildman–Crippen MR) is 69.5 cm³/mol. The normalized spacial score (nSPS) is 15.7. The van der Waals surface area contributed by atoms with Crippen LogP contribution >= 0.6 is 12.4 Å². The van der Waals surface area contributed by atoms with Crippen LogP contribution in [0.15, 0.2) is 24.3 Å². The Bertz CT molecular complexity index is 383. The van der Waals surface area contributed by atoms with Crippen molar-refractivity contribution in [1.82, 2.24) is 5.32 Å². The highest BCUT2D eigenvalue weighted by molar-refractivity contribution is 5.85. The summed E-state index contributed by atoms with van der Waals surface area (Å²) in [4.78, 5) is 0. The van der Waals surface area contributed by atoms with E-state index in [1.54, 1.807) is 12.1 Å². The Hall–Kier alpha value is -1.24. The Balaban J connectivity index is 0.00000144. The molecule has 1 aromatic rings. The van der Waals surface area contributed by atoms with Crippen LogP contribution in [0.4, 0.5) is 0 Å². The molecule has 1 aromatic carbocycles. The molecule has 1 fully saturated rings. The number of rotatable bonds is 3. The molecule has 2 rings (SSSR count). The third kappa shape index (κ3) is 4.26. The van der Waals surface area contributed by atoms with Gasteiger partial charge in [0.25, 0.3) is 0 Å². The molecular formula is C13H17ClN2O. The Morgan fingerprint density at radius 3 is 2.82 bits per heavy atom. The third-order valence-electron chi connectivity index (χ3n) is 2.91. The second-order valence-electron chi connectivity index (χ2n) is 4.14. The highest BCUT2D eigenvalue weighted by Crippen LogP contribution is 2.17. The highest BCUT2D eigenvalue weighted by atomic mass is 35.5. The highest BCUT2D eigenvalue weighted by Gasteiger charge is 2.13. The van der Waals surface area contributed by atoms with Crippen LogP contribution in [0, 0.1) is 17.2 Å². The van der Waals surface area contributed by atoms with Crippen LogP contribution in [0.2, 0.25) is 0 Å². The molecule has 0 unspecified atom stereocenters. The van der Waals surface area contributed by atoms with Gasteiger partial charge in [-0.1, -0.05) is 6.07 Å². The SMILES string of the molecule is Cl.N#Cc1cccc(OCC2CCNCC2)c1. The molecule has 1 saturated heterocycles. The van der Waals surface area contributed by atoms with E-state index in [0.29, 0.717) is 11.5 Å². The fourth-order valence-corrected chi connectivity index (χ4v) is 1.92. The molecule has 0 amide bonds. The zero-order chi connectivity index (χ0) is 11.2. The average molecular weight is 253 g/mol. The van der Waals surface area contributed by atoms with Gasteiger partial charge in [-0.2, -0.15) is 5.26 Å². The monoisotopic (exact) mass is 252 g/mol. The maximum absolute atomic E-state index is 8.77. The van der Waals surface area contributed by atoms with Crippen molar-refractivity contribution in [3.63, 3.8) is 0 Å². The van der Waals surface area contributed by atoms with Crippen molar-refractivity contribution >= 4 is 12.4 Å². The van der Waals surface area contributed by atoms with Crippen LogP contribution in [-0.4, -0.2) is 19.7 Å². The summed E-state index contributed by atoms with van der Waals surface area (Å²) < 4.78 is 5.71. The van der Waals surface area contributed by atoms with Gasteiger partial charge in [-0.05, 0) is 50.0 Å². The molecule has 1 heterocycles. The van der Waals surface area contributed by atoms with Crippen LogP contribution in [0.5, 0.6) is 5.75 Å². The van der Waals surface area contributed by atoms with Gasteiger partial charge in [-0.25, -0.2) is 0 Å². The third-order valence-corrected chi connectivity index (χ3v) is 2.91. The number of ether oxygens (including phenoxy) is 1. The minimum absolute atomic E-state index is 0. The number of nitrogens with one attached hydrogen (secondary N) is 1. The topological polar surface area (TPSA) is 45.0 Å². The summed E-state index contributed by atoms with van der Waals surface area (Å²) >= 11 is 0. The van der Waals surface area contributed by atoms with E-state index in [9.17, 15) is 0 Å². The first-order chi connectivity index (χ1) is 7.88. The molecule has 0 spiro atoms. The first-order valence-corrected chi connectivity index (χ1v) is 5.72. The van der Waals surface area contributed by atoms with Crippen molar-refractivity contribution in [3.8, 4) is 11.8 Å². The second-order valence-corrected chi connectivity index (χ2v) is 4.14. The van der Waals surface area contributed by atoms with Gasteiger partial charge in [0.2, 0.25) is 0 Å². The Labute approximate surface area is 108 Å². The van der Waals surface area contributed by atoms with E-state index >= 15 is 0 Å². The van der Waals surface area contributed by atoms with Gasteiger partial charge in [-0.15, -0.1) is 12.4 Å². The largest absolute Gasteiger partial charge is 0.493 e. The maximum Gasteiger partial charge on any atom is 0.120 e. The summed E-state index contributed by atoms with van der Waals surface area (Å²) in [6.07, 6.45) is 2.36. The van der Waals surface area contributed by atoms with Crippen LogP contribution in [-0.2, 0) is 0 Å². The Morgan fingerprint density at radius 1 is 1.35 bits per heavy atom. The number of piperidine rings is 1. The van der Waals surface area contributed by atoms with Gasteiger partial charge in [0.1, 0.15) is 5.75 Å². The minimum Gasteiger partial charge on any atom is -0.493 e. The van der Waals surface area contributed by atoms with E-state index in [-0.39, 0.29) is 12.4 Å². The van der Waals surface area contributed by atoms with Gasteiger partial charge in [0, 0.05) is 0 Å². The van der Waals surface area contributed by atoms with Crippen molar-refractivity contribution in [1.29, 1.82) is 5.26 Å². The smallest absolute Gasteiger partial charge is 0.120 e. The summed E-state index contributed by atoms with van der Waals surface area (Å²) in [7, 11) is 0. The molecule has 0 aromatic heterocycles. The minimum atomic E-state index is 0. The fraction of sp³-hybridized carbons (Fsp3) is 0.462. The molecule has 3 nitrogen and oxygen atoms in total. The lowest BCUT2D eigenvalue weighted by Crippen LogP contribution is -2.30. The van der Waals surface area contributed by atoms with Crippen molar-refractivity contribution in [2.75, 3.05) is 19.7 Å². The van der Waals surface area contributed by atoms with Gasteiger partial charge in [0.15, 0.2) is 0 Å². The molecule has 0 saturated carbocycles. The molecule has 92 valence electrons. The Morgan fingerprint density at radius 2 is 2.12 bits per heavy atom. The Kier molecular flexibility index (Phi) is 5.82. The van der Waals surface area contributed by atoms with Crippen molar-refractivity contribution < 1.29 is 4.74 Å². The molecule has 4 heteroatoms. The molecule has 17 heavy (non-hydrogen) atoms. The molecule has 1 N–H and O–H groups in total. The zero-order valence-electron chi connectivity index (χ0n) is 9.69. The number of nitriles is 1. The van der Waals surface area contributed by atoms with E-state index in [2.05, 4.69) is 11.4 Å². The molecule has 0 atom stereocenters. The second kappa shape index (κ2) is 7.16. The number of nitrogens with zero attached hydrogens (tertiary/aromatic N) is 1. The van der Waals surface area contributed by atoms with Gasteiger partial charge in [0.05, 0.1) is 18.2 Å². The fourth-order valence-electron chi connectivity index (χ4n) is 1.92. The lowest BCUT2D eigenvalue weighted by atomic mass is 9.99. The van der Waals surface area contributed by atoms with Gasteiger partial charge >= 0.3 is 0 Å². The van der Waals surface area contributed by atoms with E-state index in [1.165, 1.54) is 12.8 Å². The van der Waals surface area contributed by atoms with Crippen molar-refractivity contribution in [3.05, 3.63) is 29.8 Å². The molecular weight excluding hydrogens is 236 g/mol. The molecule has 1 aliphatic heterocycles. The maximum atomic E-state index is 8.77. The van der Waals surface area contributed by atoms with Crippen LogP contribution in [0.25, 0.3) is 0 Å². The number of hydrogen-bond donors (Lipinski definition) is 1. The van der Waals surface area contributed by atoms with Crippen molar-refractivity contribution in [2.45, 2.75) is 12.8 Å². The van der Waals surface area contributed by atoms with Crippen LogP contribution in [0.3, 0.4) is 0 Å². The summed E-state index contributed by atoms with van der Waals surface area (Å²) in [5.74, 6) is 1.45. The summed E-state index contributed by atoms with van der Waals surface area (Å²) in [6, 6.07) is 9.46. The van der Waals surface area contributed by atoms with Crippen LogP contribution < -0.4 is 10.1 Å². The van der Waals surface area contributed by atoms with E-state index < -0.39 is 0 Å². The standard InChI is InChI=1S/C13H16N2O.ClH/c14-9-12-2-1-3-13(8-12)16-10-11-4-6-15-7-5-11;/h1-3,8,11,15H,4-7,10H2;1H. The molecule has 0 bridgehead atoms. The van der Waals surface area contributed by atoms with Gasteiger partial charge < -0.3 is 10.1 Å². The zero-order valence-corrected chi connectivity index (χ0v) is 10.5. The molecule has 0 radical (unpaired) electrons. The van der Waals surface area contributed by atoms with E-state index in [0.717, 1.165) is 25.4 Å².